The molecule has 0 N–H and O–H groups in total. The summed E-state index contributed by atoms with van der Waals surface area (Å²) in [6.07, 6.45) is 1.07. The minimum absolute atomic E-state index is 0.0618. The highest BCUT2D eigenvalue weighted by Crippen LogP contribution is 2.40. The smallest absolute Gasteiger partial charge is 0.340 e. The van der Waals surface area contributed by atoms with Gasteiger partial charge in [-0.15, -0.1) is 11.3 Å². The quantitative estimate of drug-likeness (QED) is 0.274. The number of benzene rings is 1. The maximum absolute atomic E-state index is 13.1. The van der Waals surface area contributed by atoms with Crippen LogP contribution in [-0.4, -0.2) is 40.0 Å². The summed E-state index contributed by atoms with van der Waals surface area (Å²) >= 11 is 7.76. The Kier molecular flexibility index (Phi) is 8.82. The third-order valence-electron chi connectivity index (χ3n) is 6.41. The van der Waals surface area contributed by atoms with Crippen LogP contribution in [0.2, 0.25) is 5.02 Å². The van der Waals surface area contributed by atoms with Crippen LogP contribution in [0, 0.1) is 13.8 Å². The molecule has 0 atom stereocenters. The second kappa shape index (κ2) is 12.1. The number of nitrogens with zero attached hydrogens (tertiary/aromatic N) is 3. The number of carbonyl (C=O) groups excluding carboxylic acids is 2. The van der Waals surface area contributed by atoms with Gasteiger partial charge in [0.25, 0.3) is 5.56 Å². The molecule has 204 valence electrons. The number of halogens is 1. The minimum atomic E-state index is -0.445. The number of thiophene rings is 1. The summed E-state index contributed by atoms with van der Waals surface area (Å²) in [6.45, 7) is 8.13. The van der Waals surface area contributed by atoms with Gasteiger partial charge in [0, 0.05) is 45.6 Å². The monoisotopic (exact) mass is 567 g/mol. The van der Waals surface area contributed by atoms with E-state index in [1.807, 2.05) is 32.9 Å². The van der Waals surface area contributed by atoms with Crippen molar-refractivity contribution in [2.75, 3.05) is 13.7 Å². The Morgan fingerprint density at radius 1 is 1.10 bits per heavy atom. The second-order valence-corrected chi connectivity index (χ2v) is 10.2. The van der Waals surface area contributed by atoms with Crippen LogP contribution in [0.4, 0.5) is 0 Å². The molecule has 1 aliphatic carbocycles. The molecule has 0 fully saturated rings. The van der Waals surface area contributed by atoms with Gasteiger partial charge in [-0.1, -0.05) is 25.4 Å². The van der Waals surface area contributed by atoms with Crippen molar-refractivity contribution in [2.45, 2.75) is 53.5 Å². The summed E-state index contributed by atoms with van der Waals surface area (Å²) in [5.41, 5.74) is 4.31. The van der Waals surface area contributed by atoms with Crippen LogP contribution < -0.4 is 10.3 Å². The molecule has 3 heterocycles. The SMILES string of the molecule is CC.COC(=O)c1csc2c(-c3cc(Cl)ccc3OCCn3c(C)nc4c(c3=O)CC(=O)CC4)cc(C)nc12. The zero-order valence-corrected chi connectivity index (χ0v) is 24.2. The zero-order valence-electron chi connectivity index (χ0n) is 22.6. The molecular formula is C29H30ClN3O5S. The van der Waals surface area contributed by atoms with E-state index in [0.29, 0.717) is 46.1 Å². The van der Waals surface area contributed by atoms with Gasteiger partial charge in [-0.25, -0.2) is 9.78 Å². The molecule has 0 saturated carbocycles. The Morgan fingerprint density at radius 2 is 1.87 bits per heavy atom. The highest BCUT2D eigenvalue weighted by molar-refractivity contribution is 7.18. The minimum Gasteiger partial charge on any atom is -0.491 e. The molecule has 0 unspecified atom stereocenters. The van der Waals surface area contributed by atoms with E-state index >= 15 is 0 Å². The van der Waals surface area contributed by atoms with Gasteiger partial charge >= 0.3 is 5.97 Å². The topological polar surface area (TPSA) is 100 Å². The third kappa shape index (κ3) is 5.74. The number of Topliss-reactive ketones (excluding diaryl/α,β-unsaturated/α-hetero) is 1. The van der Waals surface area contributed by atoms with Crippen molar-refractivity contribution in [3.8, 4) is 16.9 Å². The molecule has 1 aromatic carbocycles. The average Bonchev–Trinajstić information content (AvgIpc) is 3.35. The number of hydrogen-bond donors (Lipinski definition) is 0. The van der Waals surface area contributed by atoms with Crippen molar-refractivity contribution < 1.29 is 19.1 Å². The van der Waals surface area contributed by atoms with Crippen LogP contribution in [0.15, 0.2) is 34.4 Å². The average molecular weight is 568 g/mol. The van der Waals surface area contributed by atoms with Crippen molar-refractivity contribution in [1.82, 2.24) is 14.5 Å². The van der Waals surface area contributed by atoms with E-state index in [4.69, 9.17) is 21.1 Å². The van der Waals surface area contributed by atoms with Gasteiger partial charge in [0.15, 0.2) is 0 Å². The number of ether oxygens (including phenoxy) is 2. The predicted octanol–water partition coefficient (Wildman–Crippen LogP) is 5.74. The third-order valence-corrected chi connectivity index (χ3v) is 7.65. The lowest BCUT2D eigenvalue weighted by Gasteiger charge is -2.18. The molecule has 0 amide bonds. The predicted molar refractivity (Wildman–Crippen MR) is 153 cm³/mol. The normalized spacial score (nSPS) is 12.5. The Morgan fingerprint density at radius 3 is 2.62 bits per heavy atom. The van der Waals surface area contributed by atoms with E-state index in [-0.39, 0.29) is 30.9 Å². The maximum atomic E-state index is 13.1. The van der Waals surface area contributed by atoms with E-state index in [1.165, 1.54) is 18.4 Å². The molecule has 8 nitrogen and oxygen atoms in total. The lowest BCUT2D eigenvalue weighted by atomic mass is 9.96. The first kappa shape index (κ1) is 28.4. The number of fused-ring (bicyclic) bond motifs is 2. The van der Waals surface area contributed by atoms with Crippen molar-refractivity contribution in [1.29, 1.82) is 0 Å². The van der Waals surface area contributed by atoms with Gasteiger partial charge in [0.2, 0.25) is 0 Å². The fourth-order valence-corrected chi connectivity index (χ4v) is 5.80. The van der Waals surface area contributed by atoms with Gasteiger partial charge in [-0.05, 0) is 44.5 Å². The van der Waals surface area contributed by atoms with Crippen LogP contribution >= 0.6 is 22.9 Å². The van der Waals surface area contributed by atoms with Crippen LogP contribution in [0.25, 0.3) is 21.3 Å². The second-order valence-electron chi connectivity index (χ2n) is 8.88. The van der Waals surface area contributed by atoms with Crippen LogP contribution in [-0.2, 0) is 28.9 Å². The van der Waals surface area contributed by atoms with Crippen molar-refractivity contribution in [3.63, 3.8) is 0 Å². The van der Waals surface area contributed by atoms with E-state index < -0.39 is 5.97 Å². The zero-order chi connectivity index (χ0) is 28.3. The van der Waals surface area contributed by atoms with E-state index in [1.54, 1.807) is 29.0 Å². The Bertz CT molecular complexity index is 1630. The van der Waals surface area contributed by atoms with E-state index in [2.05, 4.69) is 9.97 Å². The largest absolute Gasteiger partial charge is 0.491 e. The molecule has 39 heavy (non-hydrogen) atoms. The fraction of sp³-hybridized carbons (Fsp3) is 0.345. The molecule has 0 radical (unpaired) electrons. The van der Waals surface area contributed by atoms with E-state index in [9.17, 15) is 14.4 Å². The lowest BCUT2D eigenvalue weighted by molar-refractivity contribution is -0.118. The fourth-order valence-electron chi connectivity index (χ4n) is 4.62. The van der Waals surface area contributed by atoms with Crippen molar-refractivity contribution >= 4 is 44.9 Å². The molecule has 4 aromatic rings. The molecule has 0 aliphatic heterocycles. The Labute approximate surface area is 235 Å². The number of rotatable bonds is 6. The summed E-state index contributed by atoms with van der Waals surface area (Å²) in [4.78, 5) is 46.4. The van der Waals surface area contributed by atoms with Crippen LogP contribution in [0.5, 0.6) is 5.75 Å². The first-order valence-corrected chi connectivity index (χ1v) is 14.0. The van der Waals surface area contributed by atoms with Gasteiger partial charge in [0.1, 0.15) is 24.0 Å². The molecule has 0 bridgehead atoms. The first-order valence-electron chi connectivity index (χ1n) is 12.8. The molecule has 0 saturated heterocycles. The van der Waals surface area contributed by atoms with Crippen molar-refractivity contribution in [3.05, 3.63) is 73.4 Å². The number of pyridine rings is 1. The van der Waals surface area contributed by atoms with Gasteiger partial charge in [0.05, 0.1) is 35.1 Å². The molecular weight excluding hydrogens is 538 g/mol. The Hall–Kier alpha value is -3.56. The highest BCUT2D eigenvalue weighted by atomic mass is 35.5. The van der Waals surface area contributed by atoms with Crippen LogP contribution in [0.3, 0.4) is 0 Å². The summed E-state index contributed by atoms with van der Waals surface area (Å²) in [7, 11) is 1.34. The van der Waals surface area contributed by atoms with Gasteiger partial charge in [-0.3, -0.25) is 19.1 Å². The number of aryl methyl sites for hydroxylation is 3. The van der Waals surface area contributed by atoms with Gasteiger partial charge < -0.3 is 9.47 Å². The molecule has 3 aromatic heterocycles. The number of aromatic nitrogens is 3. The number of methoxy groups -OCH3 is 1. The molecule has 1 aliphatic rings. The maximum Gasteiger partial charge on any atom is 0.340 e. The number of esters is 1. The number of carbonyl (C=O) groups is 2. The molecule has 10 heteroatoms. The summed E-state index contributed by atoms with van der Waals surface area (Å²) in [6, 6.07) is 7.26. The summed E-state index contributed by atoms with van der Waals surface area (Å²) in [5.74, 6) is 0.792. The van der Waals surface area contributed by atoms with Gasteiger partial charge in [-0.2, -0.15) is 0 Å². The lowest BCUT2D eigenvalue weighted by Crippen LogP contribution is -2.34. The Balaban J connectivity index is 0.00000172. The molecule has 5 rings (SSSR count). The summed E-state index contributed by atoms with van der Waals surface area (Å²) in [5, 5.41) is 2.27. The van der Waals surface area contributed by atoms with Crippen LogP contribution in [0.1, 0.15) is 53.4 Å². The first-order chi connectivity index (χ1) is 18.8. The summed E-state index contributed by atoms with van der Waals surface area (Å²) < 4.78 is 13.5. The number of hydrogen-bond acceptors (Lipinski definition) is 8. The highest BCUT2D eigenvalue weighted by Gasteiger charge is 2.23. The van der Waals surface area contributed by atoms with Crippen molar-refractivity contribution in [2.24, 2.45) is 0 Å². The molecule has 0 spiro atoms. The number of ketones is 1. The van der Waals surface area contributed by atoms with E-state index in [0.717, 1.165) is 27.2 Å². The standard InChI is InChI=1S/C27H24ClN3O5S.C2H6/c1-14-10-19(25-24(29-14)21(13-37-25)27(34)35-3)18-11-16(28)4-7-23(18)36-9-8-31-15(2)30-22-6-5-17(32)12-20(22)26(31)33;1-2/h4,7,10-11,13H,5-6,8-9,12H2,1-3H3;1-2H3.